The number of rotatable bonds is 1. The lowest BCUT2D eigenvalue weighted by Gasteiger charge is -2.10. The monoisotopic (exact) mass is 198 g/mol. The third kappa shape index (κ3) is 2.24. The van der Waals surface area contributed by atoms with E-state index in [0.717, 1.165) is 0 Å². The van der Waals surface area contributed by atoms with Gasteiger partial charge in [-0.2, -0.15) is 0 Å². The normalized spacial score (nSPS) is 19.3. The average Bonchev–Trinajstić information content (AvgIpc) is 2.30. The Kier molecular flexibility index (Phi) is 2.82. The summed E-state index contributed by atoms with van der Waals surface area (Å²) in [6.07, 6.45) is 8.84. The molecule has 0 unspecified atom stereocenters. The minimum Gasteiger partial charge on any atom is -0.235 e. The topological polar surface area (TPSA) is 3.01 Å². The van der Waals surface area contributed by atoms with E-state index in [1.165, 1.54) is 11.3 Å². The second-order valence-electron chi connectivity index (χ2n) is 3.97. The molecule has 0 heterocycles. The lowest BCUT2D eigenvalue weighted by atomic mass is 9.94. The van der Waals surface area contributed by atoms with Gasteiger partial charge in [0.15, 0.2) is 5.71 Å². The second kappa shape index (κ2) is 4.26. The van der Waals surface area contributed by atoms with Crippen LogP contribution in [-0.2, 0) is 0 Å². The van der Waals surface area contributed by atoms with Crippen LogP contribution in [0.2, 0.25) is 0 Å². The summed E-state index contributed by atoms with van der Waals surface area (Å²) in [5.41, 5.74) is 2.60. The summed E-state index contributed by atoms with van der Waals surface area (Å²) >= 11 is 0. The zero-order valence-electron chi connectivity index (χ0n) is 9.22. The average molecular weight is 198 g/mol. The van der Waals surface area contributed by atoms with Crippen LogP contribution in [0.4, 0.5) is 0 Å². The first-order valence-electron chi connectivity index (χ1n) is 5.23. The van der Waals surface area contributed by atoms with E-state index in [1.807, 2.05) is 0 Å². The van der Waals surface area contributed by atoms with Crippen LogP contribution in [0, 0.1) is 0 Å². The van der Waals surface area contributed by atoms with Gasteiger partial charge >= 0.3 is 0 Å². The van der Waals surface area contributed by atoms with Crippen LogP contribution in [0.3, 0.4) is 0 Å². The Morgan fingerprint density at radius 3 is 2.07 bits per heavy atom. The van der Waals surface area contributed by atoms with Crippen LogP contribution >= 0.6 is 0 Å². The Bertz CT molecular complexity index is 404. The molecule has 0 aromatic heterocycles. The fourth-order valence-electron chi connectivity index (χ4n) is 1.72. The molecule has 0 radical (unpaired) electrons. The first-order chi connectivity index (χ1) is 7.27. The van der Waals surface area contributed by atoms with Crippen molar-refractivity contribution in [2.45, 2.75) is 5.92 Å². The van der Waals surface area contributed by atoms with Gasteiger partial charge in [-0.3, -0.25) is 0 Å². The van der Waals surface area contributed by atoms with Gasteiger partial charge in [-0.25, -0.2) is 4.58 Å². The highest BCUT2D eigenvalue weighted by atomic mass is 14.9. The van der Waals surface area contributed by atoms with Crippen molar-refractivity contribution < 1.29 is 4.58 Å². The molecule has 15 heavy (non-hydrogen) atoms. The molecule has 0 N–H and O–H groups in total. The lowest BCUT2D eigenvalue weighted by Crippen LogP contribution is -2.11. The minimum atomic E-state index is 0.426. The van der Waals surface area contributed by atoms with Crippen LogP contribution < -0.4 is 0 Å². The zero-order valence-corrected chi connectivity index (χ0v) is 9.22. The highest BCUT2D eigenvalue weighted by Gasteiger charge is 2.10. The fraction of sp³-hybridized carbons (Fsp3) is 0.214. The Hall–Kier alpha value is -1.63. The summed E-state index contributed by atoms with van der Waals surface area (Å²) < 4.78 is 2.12. The number of benzene rings is 1. The SMILES string of the molecule is C[N+](C)=C1C=CC(c2ccccc2)C=C1. The quantitative estimate of drug-likeness (QED) is 0.610. The molecule has 1 aromatic carbocycles. The summed E-state index contributed by atoms with van der Waals surface area (Å²) in [6.45, 7) is 0. The van der Waals surface area contributed by atoms with Gasteiger partial charge in [-0.15, -0.1) is 0 Å². The molecule has 0 spiro atoms. The molecule has 0 bridgehead atoms. The van der Waals surface area contributed by atoms with Crippen LogP contribution in [0.25, 0.3) is 0 Å². The number of hydrogen-bond donors (Lipinski definition) is 0. The molecule has 2 rings (SSSR count). The molecule has 1 aliphatic carbocycles. The molecule has 0 saturated carbocycles. The predicted molar refractivity (Wildman–Crippen MR) is 64.6 cm³/mol. The van der Waals surface area contributed by atoms with Crippen molar-refractivity contribution in [1.29, 1.82) is 0 Å². The van der Waals surface area contributed by atoms with Gasteiger partial charge in [0.05, 0.1) is 0 Å². The molecule has 0 fully saturated rings. The summed E-state index contributed by atoms with van der Waals surface area (Å²) in [5.74, 6) is 0.426. The van der Waals surface area contributed by atoms with Gasteiger partial charge in [0.25, 0.3) is 0 Å². The van der Waals surface area contributed by atoms with E-state index < -0.39 is 0 Å². The first kappa shape index (κ1) is 9.91. The molecule has 1 aliphatic rings. The van der Waals surface area contributed by atoms with Crippen molar-refractivity contribution in [3.63, 3.8) is 0 Å². The summed E-state index contributed by atoms with van der Waals surface area (Å²) in [4.78, 5) is 0. The molecule has 0 amide bonds. The van der Waals surface area contributed by atoms with Crippen molar-refractivity contribution in [3.05, 3.63) is 60.2 Å². The van der Waals surface area contributed by atoms with Crippen LogP contribution in [0.15, 0.2) is 54.6 Å². The molecular formula is C14H16N+. The van der Waals surface area contributed by atoms with Crippen LogP contribution in [0.5, 0.6) is 0 Å². The summed E-state index contributed by atoms with van der Waals surface area (Å²) in [5, 5.41) is 0. The standard InChI is InChI=1S/C14H16N/c1-15(2)14-10-8-13(9-11-14)12-6-4-3-5-7-12/h3-11,13H,1-2H3/q+1. The van der Waals surface area contributed by atoms with Crippen molar-refractivity contribution in [3.8, 4) is 0 Å². The van der Waals surface area contributed by atoms with Crippen LogP contribution in [-0.4, -0.2) is 24.4 Å². The third-order valence-electron chi connectivity index (χ3n) is 2.65. The van der Waals surface area contributed by atoms with Gasteiger partial charge in [-0.05, 0) is 5.56 Å². The predicted octanol–water partition coefficient (Wildman–Crippen LogP) is 2.61. The molecule has 1 aromatic rings. The van der Waals surface area contributed by atoms with E-state index in [-0.39, 0.29) is 0 Å². The highest BCUT2D eigenvalue weighted by molar-refractivity contribution is 6.01. The maximum absolute atomic E-state index is 2.24. The van der Waals surface area contributed by atoms with Gasteiger partial charge < -0.3 is 0 Å². The van der Waals surface area contributed by atoms with Crippen molar-refractivity contribution in [2.24, 2.45) is 0 Å². The Labute approximate surface area is 91.1 Å². The zero-order chi connectivity index (χ0) is 10.7. The Morgan fingerprint density at radius 2 is 1.53 bits per heavy atom. The van der Waals surface area contributed by atoms with E-state index in [9.17, 15) is 0 Å². The van der Waals surface area contributed by atoms with Gasteiger partial charge in [0.2, 0.25) is 0 Å². The minimum absolute atomic E-state index is 0.426. The third-order valence-corrected chi connectivity index (χ3v) is 2.65. The smallest absolute Gasteiger partial charge is 0.198 e. The van der Waals surface area contributed by atoms with Crippen molar-refractivity contribution in [1.82, 2.24) is 0 Å². The molecule has 1 nitrogen and oxygen atoms in total. The molecule has 0 atom stereocenters. The van der Waals surface area contributed by atoms with E-state index in [2.05, 4.69) is 73.3 Å². The summed E-state index contributed by atoms with van der Waals surface area (Å²) in [7, 11) is 4.12. The van der Waals surface area contributed by atoms with E-state index in [1.54, 1.807) is 0 Å². The maximum atomic E-state index is 2.24. The van der Waals surface area contributed by atoms with Crippen molar-refractivity contribution >= 4 is 5.71 Å². The summed E-state index contributed by atoms with van der Waals surface area (Å²) in [6, 6.07) is 10.6. The largest absolute Gasteiger partial charge is 0.235 e. The number of allylic oxidation sites excluding steroid dienone is 4. The van der Waals surface area contributed by atoms with Crippen molar-refractivity contribution in [2.75, 3.05) is 14.1 Å². The Balaban J connectivity index is 2.22. The maximum Gasteiger partial charge on any atom is 0.198 e. The fourth-order valence-corrected chi connectivity index (χ4v) is 1.72. The van der Waals surface area contributed by atoms with Gasteiger partial charge in [0, 0.05) is 18.1 Å². The second-order valence-corrected chi connectivity index (χ2v) is 3.97. The van der Waals surface area contributed by atoms with E-state index in [0.29, 0.717) is 5.92 Å². The molecule has 76 valence electrons. The molecule has 1 heteroatoms. The van der Waals surface area contributed by atoms with Crippen LogP contribution in [0.1, 0.15) is 11.5 Å². The Morgan fingerprint density at radius 1 is 0.933 bits per heavy atom. The lowest BCUT2D eigenvalue weighted by molar-refractivity contribution is -0.462. The van der Waals surface area contributed by atoms with E-state index >= 15 is 0 Å². The molecular weight excluding hydrogens is 182 g/mol. The molecule has 0 aliphatic heterocycles. The van der Waals surface area contributed by atoms with E-state index in [4.69, 9.17) is 0 Å². The van der Waals surface area contributed by atoms with Gasteiger partial charge in [0.1, 0.15) is 14.1 Å². The number of nitrogens with zero attached hydrogens (tertiary/aromatic N) is 1. The molecule has 0 saturated heterocycles. The highest BCUT2D eigenvalue weighted by Crippen LogP contribution is 2.21. The number of hydrogen-bond acceptors (Lipinski definition) is 0. The van der Waals surface area contributed by atoms with Gasteiger partial charge in [-0.1, -0.05) is 42.5 Å². The first-order valence-corrected chi connectivity index (χ1v) is 5.23.